The minimum Gasteiger partial charge on any atom is -0.493 e. The fourth-order valence-electron chi connectivity index (χ4n) is 2.59. The van der Waals surface area contributed by atoms with Crippen molar-refractivity contribution in [3.8, 4) is 5.75 Å². The summed E-state index contributed by atoms with van der Waals surface area (Å²) in [7, 11) is 0. The summed E-state index contributed by atoms with van der Waals surface area (Å²) < 4.78 is 7.77. The number of aromatic nitrogens is 2. The average Bonchev–Trinajstić information content (AvgIpc) is 2.80. The van der Waals surface area contributed by atoms with Crippen LogP contribution < -0.4 is 10.1 Å². The van der Waals surface area contributed by atoms with Crippen LogP contribution >= 0.6 is 0 Å². The molecule has 1 aliphatic rings. The fourth-order valence-corrected chi connectivity index (χ4v) is 2.59. The summed E-state index contributed by atoms with van der Waals surface area (Å²) in [4.78, 5) is 4.56. The van der Waals surface area contributed by atoms with Gasteiger partial charge in [0.25, 0.3) is 0 Å². The van der Waals surface area contributed by atoms with Crippen LogP contribution in [0.15, 0.2) is 43.1 Å². The van der Waals surface area contributed by atoms with Crippen molar-refractivity contribution in [3.63, 3.8) is 0 Å². The molecule has 4 nitrogen and oxygen atoms in total. The lowest BCUT2D eigenvalue weighted by Crippen LogP contribution is -2.21. The molecule has 2 aromatic rings. The Morgan fingerprint density at radius 1 is 1.50 bits per heavy atom. The highest BCUT2D eigenvalue weighted by Crippen LogP contribution is 2.33. The summed E-state index contributed by atoms with van der Waals surface area (Å²) in [6, 6.07) is 8.42. The molecule has 0 saturated carbocycles. The predicted octanol–water partition coefficient (Wildman–Crippen LogP) is 3.31. The monoisotopic (exact) mass is 269 g/mol. The zero-order chi connectivity index (χ0) is 13.9. The lowest BCUT2D eigenvalue weighted by Gasteiger charge is -2.27. The van der Waals surface area contributed by atoms with Gasteiger partial charge in [-0.2, -0.15) is 0 Å². The van der Waals surface area contributed by atoms with Crippen LogP contribution in [0.4, 0.5) is 5.95 Å². The number of ether oxygens (including phenoxy) is 1. The number of hydrogen-bond acceptors (Lipinski definition) is 3. The summed E-state index contributed by atoms with van der Waals surface area (Å²) in [5.41, 5.74) is 2.21. The molecule has 0 amide bonds. The lowest BCUT2D eigenvalue weighted by atomic mass is 10.0. The Balaban J connectivity index is 1.87. The highest BCUT2D eigenvalue weighted by Gasteiger charge is 2.22. The molecule has 2 heterocycles. The summed E-state index contributed by atoms with van der Waals surface area (Å²) in [5.74, 6) is 1.86. The van der Waals surface area contributed by atoms with Crippen molar-refractivity contribution in [2.45, 2.75) is 25.9 Å². The topological polar surface area (TPSA) is 39.1 Å². The van der Waals surface area contributed by atoms with Gasteiger partial charge >= 0.3 is 0 Å². The Kier molecular flexibility index (Phi) is 3.46. The van der Waals surface area contributed by atoms with E-state index in [4.69, 9.17) is 4.74 Å². The Labute approximate surface area is 119 Å². The number of nitrogens with zero attached hydrogens (tertiary/aromatic N) is 2. The van der Waals surface area contributed by atoms with Crippen LogP contribution in [0.25, 0.3) is 0 Å². The molecule has 20 heavy (non-hydrogen) atoms. The predicted molar refractivity (Wildman–Crippen MR) is 80.1 cm³/mol. The molecular formula is C16H19N3O. The van der Waals surface area contributed by atoms with E-state index in [2.05, 4.69) is 27.5 Å². The molecule has 1 aromatic carbocycles. The number of rotatable bonds is 4. The summed E-state index contributed by atoms with van der Waals surface area (Å²) >= 11 is 0. The van der Waals surface area contributed by atoms with Crippen molar-refractivity contribution in [2.75, 3.05) is 11.9 Å². The standard InChI is InChI=1S/C16H19N3O/c1-3-9-19-11-12(2)17-16(19)18-14-8-10-20-15-7-5-4-6-13(14)15/h3-7,11,14H,1,8-10H2,2H3,(H,17,18). The average molecular weight is 269 g/mol. The first-order chi connectivity index (χ1) is 9.78. The van der Waals surface area contributed by atoms with Gasteiger partial charge in [0.2, 0.25) is 5.95 Å². The highest BCUT2D eigenvalue weighted by atomic mass is 16.5. The SMILES string of the molecule is C=CCn1cc(C)nc1NC1CCOc2ccccc21. The Morgan fingerprint density at radius 2 is 2.35 bits per heavy atom. The second kappa shape index (κ2) is 5.41. The fraction of sp³-hybridized carbons (Fsp3) is 0.312. The molecule has 0 fully saturated rings. The number of fused-ring (bicyclic) bond motifs is 1. The zero-order valence-corrected chi connectivity index (χ0v) is 11.7. The quantitative estimate of drug-likeness (QED) is 0.865. The van der Waals surface area contributed by atoms with E-state index >= 15 is 0 Å². The molecule has 1 unspecified atom stereocenters. The molecule has 0 aliphatic carbocycles. The Morgan fingerprint density at radius 3 is 3.20 bits per heavy atom. The zero-order valence-electron chi connectivity index (χ0n) is 11.7. The maximum Gasteiger partial charge on any atom is 0.203 e. The van der Waals surface area contributed by atoms with E-state index in [1.54, 1.807) is 0 Å². The van der Waals surface area contributed by atoms with E-state index in [0.717, 1.165) is 37.0 Å². The van der Waals surface area contributed by atoms with Crippen molar-refractivity contribution >= 4 is 5.95 Å². The van der Waals surface area contributed by atoms with Gasteiger partial charge in [0.1, 0.15) is 5.75 Å². The van der Waals surface area contributed by atoms with Gasteiger partial charge < -0.3 is 14.6 Å². The van der Waals surface area contributed by atoms with Crippen molar-refractivity contribution in [2.24, 2.45) is 0 Å². The smallest absolute Gasteiger partial charge is 0.203 e. The molecule has 0 bridgehead atoms. The third-order valence-corrected chi connectivity index (χ3v) is 3.48. The maximum absolute atomic E-state index is 5.69. The van der Waals surface area contributed by atoms with Crippen LogP contribution in [0.1, 0.15) is 23.7 Å². The van der Waals surface area contributed by atoms with Crippen molar-refractivity contribution in [3.05, 3.63) is 54.4 Å². The van der Waals surface area contributed by atoms with E-state index in [1.165, 1.54) is 5.56 Å². The first-order valence-corrected chi connectivity index (χ1v) is 6.91. The molecule has 0 saturated heterocycles. The molecule has 0 radical (unpaired) electrons. The first kappa shape index (κ1) is 12.8. The van der Waals surface area contributed by atoms with Gasteiger partial charge in [0, 0.05) is 24.7 Å². The number of para-hydroxylation sites is 1. The number of anilines is 1. The third kappa shape index (κ3) is 2.41. The molecule has 4 heteroatoms. The number of allylic oxidation sites excluding steroid dienone is 1. The second-order valence-electron chi connectivity index (χ2n) is 5.02. The van der Waals surface area contributed by atoms with Gasteiger partial charge in [-0.15, -0.1) is 6.58 Å². The number of benzene rings is 1. The normalized spacial score (nSPS) is 17.1. The van der Waals surface area contributed by atoms with Crippen LogP contribution in [0, 0.1) is 6.92 Å². The van der Waals surface area contributed by atoms with E-state index in [1.807, 2.05) is 37.4 Å². The van der Waals surface area contributed by atoms with Gasteiger partial charge in [-0.3, -0.25) is 0 Å². The van der Waals surface area contributed by atoms with Crippen molar-refractivity contribution < 1.29 is 4.74 Å². The highest BCUT2D eigenvalue weighted by molar-refractivity contribution is 5.43. The first-order valence-electron chi connectivity index (χ1n) is 6.91. The Bertz CT molecular complexity index is 618. The van der Waals surface area contributed by atoms with E-state index in [9.17, 15) is 0 Å². The molecule has 0 spiro atoms. The summed E-state index contributed by atoms with van der Waals surface area (Å²) in [6.07, 6.45) is 4.86. The van der Waals surface area contributed by atoms with Crippen LogP contribution in [0.3, 0.4) is 0 Å². The van der Waals surface area contributed by atoms with Crippen molar-refractivity contribution in [1.82, 2.24) is 9.55 Å². The number of hydrogen-bond donors (Lipinski definition) is 1. The van der Waals surface area contributed by atoms with Gasteiger partial charge in [0.15, 0.2) is 0 Å². The molecule has 3 rings (SSSR count). The van der Waals surface area contributed by atoms with Crippen LogP contribution in [0.2, 0.25) is 0 Å². The molecule has 1 atom stereocenters. The van der Waals surface area contributed by atoms with E-state index in [-0.39, 0.29) is 6.04 Å². The van der Waals surface area contributed by atoms with Crippen molar-refractivity contribution in [1.29, 1.82) is 0 Å². The maximum atomic E-state index is 5.69. The molecular weight excluding hydrogens is 250 g/mol. The number of aryl methyl sites for hydroxylation is 1. The minimum atomic E-state index is 0.241. The Hall–Kier alpha value is -2.23. The third-order valence-electron chi connectivity index (χ3n) is 3.48. The minimum absolute atomic E-state index is 0.241. The van der Waals surface area contributed by atoms with Gasteiger partial charge in [-0.25, -0.2) is 4.98 Å². The lowest BCUT2D eigenvalue weighted by molar-refractivity contribution is 0.274. The molecule has 1 aromatic heterocycles. The molecule has 1 aliphatic heterocycles. The van der Waals surface area contributed by atoms with Crippen LogP contribution in [-0.4, -0.2) is 16.2 Å². The molecule has 104 valence electrons. The number of imidazole rings is 1. The molecule has 1 N–H and O–H groups in total. The van der Waals surface area contributed by atoms with Gasteiger partial charge in [0.05, 0.1) is 18.3 Å². The van der Waals surface area contributed by atoms with Gasteiger partial charge in [-0.05, 0) is 13.0 Å². The second-order valence-corrected chi connectivity index (χ2v) is 5.02. The van der Waals surface area contributed by atoms with Gasteiger partial charge in [-0.1, -0.05) is 24.3 Å². The summed E-state index contributed by atoms with van der Waals surface area (Å²) in [6.45, 7) is 7.29. The van der Waals surface area contributed by atoms with Crippen LogP contribution in [0.5, 0.6) is 5.75 Å². The van der Waals surface area contributed by atoms with Crippen LogP contribution in [-0.2, 0) is 6.54 Å². The largest absolute Gasteiger partial charge is 0.493 e. The van der Waals surface area contributed by atoms with E-state index < -0.39 is 0 Å². The summed E-state index contributed by atoms with van der Waals surface area (Å²) in [5, 5.41) is 3.54. The number of nitrogens with one attached hydrogen (secondary N) is 1. The van der Waals surface area contributed by atoms with E-state index in [0.29, 0.717) is 0 Å².